The SMILES string of the molecule is CN=C(NCc1cccc(Oc2ccccc2)c1)NCC1(CCO)CCOC1.I. The van der Waals surface area contributed by atoms with Crippen LogP contribution in [0.4, 0.5) is 0 Å². The largest absolute Gasteiger partial charge is 0.457 e. The number of aliphatic hydroxyl groups is 1. The van der Waals surface area contributed by atoms with Crippen molar-refractivity contribution in [3.05, 3.63) is 60.2 Å². The van der Waals surface area contributed by atoms with E-state index >= 15 is 0 Å². The summed E-state index contributed by atoms with van der Waals surface area (Å²) >= 11 is 0. The minimum Gasteiger partial charge on any atom is -0.457 e. The minimum absolute atomic E-state index is 0. The maximum atomic E-state index is 9.36. The molecule has 0 saturated carbocycles. The topological polar surface area (TPSA) is 75.1 Å². The van der Waals surface area contributed by atoms with Crippen molar-refractivity contribution in [3.8, 4) is 11.5 Å². The highest BCUT2D eigenvalue weighted by Gasteiger charge is 2.34. The Labute approximate surface area is 189 Å². The molecule has 1 atom stereocenters. The lowest BCUT2D eigenvalue weighted by atomic mass is 9.84. The summed E-state index contributed by atoms with van der Waals surface area (Å²) in [5.41, 5.74) is 1.08. The number of ether oxygens (including phenoxy) is 2. The van der Waals surface area contributed by atoms with E-state index in [1.165, 1.54) is 0 Å². The van der Waals surface area contributed by atoms with Crippen LogP contribution in [0.5, 0.6) is 11.5 Å². The average Bonchev–Trinajstić information content (AvgIpc) is 3.18. The van der Waals surface area contributed by atoms with E-state index in [-0.39, 0.29) is 36.0 Å². The van der Waals surface area contributed by atoms with Gasteiger partial charge in [-0.3, -0.25) is 4.99 Å². The zero-order valence-electron chi connectivity index (χ0n) is 16.8. The van der Waals surface area contributed by atoms with Gasteiger partial charge in [-0.1, -0.05) is 30.3 Å². The Hall–Kier alpha value is -1.84. The Morgan fingerprint density at radius 2 is 1.93 bits per heavy atom. The molecular weight excluding hydrogens is 481 g/mol. The predicted octanol–water partition coefficient (Wildman–Crippen LogP) is 3.55. The number of benzene rings is 2. The van der Waals surface area contributed by atoms with Gasteiger partial charge in [-0.2, -0.15) is 0 Å². The standard InChI is InChI=1S/C22H29N3O3.HI/c1-23-21(25-16-22(10-12-26)11-13-27-17-22)24-15-18-6-5-9-20(14-18)28-19-7-3-2-4-8-19;/h2-9,14,26H,10-13,15-17H2,1H3,(H2,23,24,25);1H. The van der Waals surface area contributed by atoms with Crippen LogP contribution in [-0.2, 0) is 11.3 Å². The molecule has 0 amide bonds. The Bertz CT molecular complexity index is 765. The monoisotopic (exact) mass is 511 g/mol. The number of halogens is 1. The first kappa shape index (κ1) is 23.4. The van der Waals surface area contributed by atoms with Gasteiger partial charge in [0, 0.05) is 38.8 Å². The van der Waals surface area contributed by atoms with Gasteiger partial charge in [0.1, 0.15) is 11.5 Å². The summed E-state index contributed by atoms with van der Waals surface area (Å²) in [5.74, 6) is 2.36. The highest BCUT2D eigenvalue weighted by Crippen LogP contribution is 2.31. The molecule has 3 rings (SSSR count). The Kier molecular flexibility index (Phi) is 9.69. The van der Waals surface area contributed by atoms with Crippen LogP contribution < -0.4 is 15.4 Å². The molecule has 0 aromatic heterocycles. The second-order valence-electron chi connectivity index (χ2n) is 7.12. The molecule has 1 aliphatic heterocycles. The molecule has 0 bridgehead atoms. The molecular formula is C22H30IN3O3. The molecule has 1 saturated heterocycles. The molecule has 29 heavy (non-hydrogen) atoms. The summed E-state index contributed by atoms with van der Waals surface area (Å²) in [7, 11) is 1.76. The number of guanidine groups is 1. The average molecular weight is 511 g/mol. The van der Waals surface area contributed by atoms with Crippen LogP contribution in [0, 0.1) is 5.41 Å². The van der Waals surface area contributed by atoms with Crippen molar-refractivity contribution in [2.75, 3.05) is 33.4 Å². The highest BCUT2D eigenvalue weighted by atomic mass is 127. The van der Waals surface area contributed by atoms with Crippen LogP contribution in [0.25, 0.3) is 0 Å². The van der Waals surface area contributed by atoms with Crippen molar-refractivity contribution in [1.82, 2.24) is 10.6 Å². The smallest absolute Gasteiger partial charge is 0.191 e. The number of hydrogen-bond donors (Lipinski definition) is 3. The zero-order chi connectivity index (χ0) is 19.7. The lowest BCUT2D eigenvalue weighted by Crippen LogP contribution is -2.44. The quantitative estimate of drug-likeness (QED) is 0.287. The van der Waals surface area contributed by atoms with Gasteiger partial charge in [-0.25, -0.2) is 0 Å². The van der Waals surface area contributed by atoms with Gasteiger partial charge in [-0.05, 0) is 42.7 Å². The number of aliphatic hydroxyl groups excluding tert-OH is 1. The third-order valence-corrected chi connectivity index (χ3v) is 5.02. The fourth-order valence-corrected chi connectivity index (χ4v) is 3.33. The van der Waals surface area contributed by atoms with Crippen LogP contribution in [0.3, 0.4) is 0 Å². The molecule has 1 fully saturated rings. The molecule has 1 aliphatic rings. The first-order valence-corrected chi connectivity index (χ1v) is 9.68. The van der Waals surface area contributed by atoms with Gasteiger partial charge in [0.25, 0.3) is 0 Å². The van der Waals surface area contributed by atoms with Crippen LogP contribution in [0.1, 0.15) is 18.4 Å². The summed E-state index contributed by atoms with van der Waals surface area (Å²) in [6.45, 7) is 2.96. The third kappa shape index (κ3) is 7.17. The maximum Gasteiger partial charge on any atom is 0.191 e. The summed E-state index contributed by atoms with van der Waals surface area (Å²) in [4.78, 5) is 4.31. The van der Waals surface area contributed by atoms with E-state index in [0.717, 1.165) is 49.0 Å². The lowest BCUT2D eigenvalue weighted by Gasteiger charge is -2.27. The Balaban J connectivity index is 0.00000300. The lowest BCUT2D eigenvalue weighted by molar-refractivity contribution is 0.127. The van der Waals surface area contributed by atoms with Crippen LogP contribution in [0.2, 0.25) is 0 Å². The predicted molar refractivity (Wildman–Crippen MR) is 126 cm³/mol. The molecule has 3 N–H and O–H groups in total. The van der Waals surface area contributed by atoms with E-state index in [2.05, 4.69) is 21.7 Å². The number of para-hydroxylation sites is 1. The molecule has 0 aliphatic carbocycles. The Morgan fingerprint density at radius 1 is 1.14 bits per heavy atom. The van der Waals surface area contributed by atoms with E-state index in [9.17, 15) is 5.11 Å². The minimum atomic E-state index is -0.0180. The molecule has 6 nitrogen and oxygen atoms in total. The second kappa shape index (κ2) is 12.0. The van der Waals surface area contributed by atoms with Gasteiger partial charge in [-0.15, -0.1) is 24.0 Å². The molecule has 158 valence electrons. The normalized spacial score (nSPS) is 18.8. The maximum absolute atomic E-state index is 9.36. The summed E-state index contributed by atoms with van der Waals surface area (Å²) < 4.78 is 11.4. The number of aliphatic imine (C=N–C) groups is 1. The molecule has 2 aromatic carbocycles. The number of nitrogens with one attached hydrogen (secondary N) is 2. The molecule has 1 unspecified atom stereocenters. The molecule has 2 aromatic rings. The third-order valence-electron chi connectivity index (χ3n) is 5.02. The van der Waals surface area contributed by atoms with Gasteiger partial charge >= 0.3 is 0 Å². The van der Waals surface area contributed by atoms with Gasteiger partial charge < -0.3 is 25.2 Å². The number of rotatable bonds is 8. The number of nitrogens with zero attached hydrogens (tertiary/aromatic N) is 1. The van der Waals surface area contributed by atoms with Gasteiger partial charge in [0.15, 0.2) is 5.96 Å². The summed E-state index contributed by atoms with van der Waals surface area (Å²) in [6, 6.07) is 17.7. The number of hydrogen-bond acceptors (Lipinski definition) is 4. The first-order chi connectivity index (χ1) is 13.7. The van der Waals surface area contributed by atoms with E-state index in [1.54, 1.807) is 7.05 Å². The first-order valence-electron chi connectivity index (χ1n) is 9.68. The van der Waals surface area contributed by atoms with Crippen LogP contribution >= 0.6 is 24.0 Å². The van der Waals surface area contributed by atoms with Crippen molar-refractivity contribution >= 4 is 29.9 Å². The van der Waals surface area contributed by atoms with Gasteiger partial charge in [0.2, 0.25) is 0 Å². The fourth-order valence-electron chi connectivity index (χ4n) is 3.33. The Morgan fingerprint density at radius 3 is 2.62 bits per heavy atom. The van der Waals surface area contributed by atoms with Crippen LogP contribution in [0.15, 0.2) is 59.6 Å². The van der Waals surface area contributed by atoms with Crippen LogP contribution in [-0.4, -0.2) is 44.5 Å². The zero-order valence-corrected chi connectivity index (χ0v) is 19.1. The van der Waals surface area contributed by atoms with Crippen molar-refractivity contribution in [2.24, 2.45) is 10.4 Å². The molecule has 7 heteroatoms. The van der Waals surface area contributed by atoms with Crippen molar-refractivity contribution < 1.29 is 14.6 Å². The summed E-state index contributed by atoms with van der Waals surface area (Å²) in [6.07, 6.45) is 1.69. The van der Waals surface area contributed by atoms with Gasteiger partial charge in [0.05, 0.1) is 6.61 Å². The highest BCUT2D eigenvalue weighted by molar-refractivity contribution is 14.0. The van der Waals surface area contributed by atoms with E-state index in [4.69, 9.17) is 9.47 Å². The molecule has 1 heterocycles. The van der Waals surface area contributed by atoms with E-state index < -0.39 is 0 Å². The molecule has 0 radical (unpaired) electrons. The fraction of sp³-hybridized carbons (Fsp3) is 0.409. The van der Waals surface area contributed by atoms with Crippen molar-refractivity contribution in [3.63, 3.8) is 0 Å². The summed E-state index contributed by atoms with van der Waals surface area (Å²) in [5, 5.41) is 16.1. The molecule has 0 spiro atoms. The second-order valence-corrected chi connectivity index (χ2v) is 7.12. The van der Waals surface area contributed by atoms with Crippen molar-refractivity contribution in [1.29, 1.82) is 0 Å². The van der Waals surface area contributed by atoms with E-state index in [1.807, 2.05) is 48.5 Å². The van der Waals surface area contributed by atoms with Crippen molar-refractivity contribution in [2.45, 2.75) is 19.4 Å². The van der Waals surface area contributed by atoms with E-state index in [0.29, 0.717) is 13.2 Å².